The van der Waals surface area contributed by atoms with E-state index in [1.54, 1.807) is 13.3 Å². The summed E-state index contributed by atoms with van der Waals surface area (Å²) in [7, 11) is 1.01. The van der Waals surface area contributed by atoms with Crippen molar-refractivity contribution >= 4 is 11.7 Å². The molecule has 3 aromatic rings. The summed E-state index contributed by atoms with van der Waals surface area (Å²) in [5.74, 6) is -3.70. The van der Waals surface area contributed by atoms with Gasteiger partial charge in [0.1, 0.15) is 23.8 Å². The van der Waals surface area contributed by atoms with Crippen molar-refractivity contribution in [2.24, 2.45) is 0 Å². The van der Waals surface area contributed by atoms with Crippen LogP contribution >= 0.6 is 0 Å². The molecule has 3 heterocycles. The maximum absolute atomic E-state index is 14.5. The topological polar surface area (TPSA) is 76.4 Å². The summed E-state index contributed by atoms with van der Waals surface area (Å²) in [6, 6.07) is 2.41. The molecule has 0 unspecified atom stereocenters. The zero-order chi connectivity index (χ0) is 23.9. The predicted octanol–water partition coefficient (Wildman–Crippen LogP) is 2.98. The monoisotopic (exact) mass is 460 g/mol. The van der Waals surface area contributed by atoms with Crippen molar-refractivity contribution in [3.8, 4) is 11.6 Å². The Kier molecular flexibility index (Phi) is 5.96. The summed E-state index contributed by atoms with van der Waals surface area (Å²) >= 11 is 0. The largest absolute Gasteiger partial charge is 0.491 e. The molecule has 0 spiro atoms. The summed E-state index contributed by atoms with van der Waals surface area (Å²) in [5, 5.41) is 0. The second-order valence-electron chi connectivity index (χ2n) is 7.76. The number of nitrogens with zero attached hydrogens (tertiary/aromatic N) is 6. The first-order chi connectivity index (χ1) is 15.7. The van der Waals surface area contributed by atoms with Crippen molar-refractivity contribution in [2.45, 2.75) is 20.8 Å². The number of aromatic nitrogens is 4. The van der Waals surface area contributed by atoms with Gasteiger partial charge < -0.3 is 14.5 Å². The van der Waals surface area contributed by atoms with E-state index in [2.05, 4.69) is 19.7 Å². The number of anilines is 1. The quantitative estimate of drug-likeness (QED) is 0.558. The molecule has 1 amide bonds. The van der Waals surface area contributed by atoms with Gasteiger partial charge in [0.25, 0.3) is 5.91 Å². The van der Waals surface area contributed by atoms with Gasteiger partial charge in [-0.3, -0.25) is 9.36 Å². The summed E-state index contributed by atoms with van der Waals surface area (Å²) in [5.41, 5.74) is 1.31. The number of imidazole rings is 1. The molecule has 0 atom stereocenters. The van der Waals surface area contributed by atoms with E-state index in [-0.39, 0.29) is 13.1 Å². The highest BCUT2D eigenvalue weighted by atomic mass is 19.2. The fraction of sp³-hybridized carbons (Fsp3) is 0.364. The van der Waals surface area contributed by atoms with Gasteiger partial charge in [-0.05, 0) is 26.8 Å². The van der Waals surface area contributed by atoms with Crippen molar-refractivity contribution < 1.29 is 22.7 Å². The minimum atomic E-state index is -1.46. The lowest BCUT2D eigenvalue weighted by Gasteiger charge is -2.35. The van der Waals surface area contributed by atoms with E-state index in [1.165, 1.54) is 4.90 Å². The standard InChI is InChI=1S/C22H23F3N6O2/c1-12-13(2)31(11-26-12)18-10-17(27-14(3)28-18)29-5-7-30(8-6-29)22(32)15-9-16(23)20(25)21(33-4)19(15)24/h9-11H,5-8H2,1-4H3. The fourth-order valence-corrected chi connectivity index (χ4v) is 3.78. The van der Waals surface area contributed by atoms with Gasteiger partial charge in [0.15, 0.2) is 17.4 Å². The number of carbonyl (C=O) groups is 1. The maximum atomic E-state index is 14.5. The minimum Gasteiger partial charge on any atom is -0.491 e. The number of hydrogen-bond acceptors (Lipinski definition) is 6. The molecule has 2 aromatic heterocycles. The average Bonchev–Trinajstić information content (AvgIpc) is 3.14. The van der Waals surface area contributed by atoms with Crippen molar-refractivity contribution in [1.82, 2.24) is 24.4 Å². The van der Waals surface area contributed by atoms with Crippen molar-refractivity contribution in [1.29, 1.82) is 0 Å². The third-order valence-corrected chi connectivity index (χ3v) is 5.75. The lowest BCUT2D eigenvalue weighted by Crippen LogP contribution is -2.49. The van der Waals surface area contributed by atoms with Gasteiger partial charge in [0.05, 0.1) is 18.4 Å². The molecule has 0 N–H and O–H groups in total. The van der Waals surface area contributed by atoms with Crippen LogP contribution in [0.25, 0.3) is 5.82 Å². The van der Waals surface area contributed by atoms with Gasteiger partial charge >= 0.3 is 0 Å². The Hall–Kier alpha value is -3.63. The number of piperazine rings is 1. The molecule has 0 saturated carbocycles. The first kappa shape index (κ1) is 22.6. The smallest absolute Gasteiger partial charge is 0.257 e. The number of halogens is 3. The van der Waals surface area contributed by atoms with E-state index in [0.717, 1.165) is 18.5 Å². The fourth-order valence-electron chi connectivity index (χ4n) is 3.78. The number of hydrogen-bond donors (Lipinski definition) is 0. The normalized spacial score (nSPS) is 14.0. The third-order valence-electron chi connectivity index (χ3n) is 5.75. The second kappa shape index (κ2) is 8.72. The zero-order valence-corrected chi connectivity index (χ0v) is 18.7. The van der Waals surface area contributed by atoms with Crippen LogP contribution in [-0.4, -0.2) is 63.6 Å². The van der Waals surface area contributed by atoms with Crippen molar-refractivity contribution in [2.75, 3.05) is 38.2 Å². The van der Waals surface area contributed by atoms with Crippen LogP contribution in [0.15, 0.2) is 18.5 Å². The second-order valence-corrected chi connectivity index (χ2v) is 7.76. The van der Waals surface area contributed by atoms with Crippen LogP contribution in [0, 0.1) is 38.2 Å². The lowest BCUT2D eigenvalue weighted by molar-refractivity contribution is 0.0740. The summed E-state index contributed by atoms with van der Waals surface area (Å²) in [6.07, 6.45) is 1.71. The highest BCUT2D eigenvalue weighted by Gasteiger charge is 2.29. The van der Waals surface area contributed by atoms with Crippen LogP contribution in [0.1, 0.15) is 27.6 Å². The van der Waals surface area contributed by atoms with E-state index in [4.69, 9.17) is 0 Å². The molecule has 1 aliphatic rings. The molecule has 4 rings (SSSR count). The number of carbonyl (C=O) groups excluding carboxylic acids is 1. The molecule has 1 aliphatic heterocycles. The molecule has 33 heavy (non-hydrogen) atoms. The zero-order valence-electron chi connectivity index (χ0n) is 18.7. The molecule has 8 nitrogen and oxygen atoms in total. The van der Waals surface area contributed by atoms with E-state index < -0.39 is 34.7 Å². The van der Waals surface area contributed by atoms with Crippen molar-refractivity contribution in [3.63, 3.8) is 0 Å². The Morgan fingerprint density at radius 1 is 0.970 bits per heavy atom. The highest BCUT2D eigenvalue weighted by molar-refractivity contribution is 5.95. The van der Waals surface area contributed by atoms with Gasteiger partial charge in [0.2, 0.25) is 5.82 Å². The Balaban J connectivity index is 1.53. The molecule has 1 fully saturated rings. The lowest BCUT2D eigenvalue weighted by atomic mass is 10.1. The molecular formula is C22H23F3N6O2. The van der Waals surface area contributed by atoms with Crippen LogP contribution in [0.2, 0.25) is 0 Å². The number of ether oxygens (including phenoxy) is 1. The predicted molar refractivity (Wildman–Crippen MR) is 114 cm³/mol. The summed E-state index contributed by atoms with van der Waals surface area (Å²) < 4.78 is 48.6. The molecular weight excluding hydrogens is 437 g/mol. The number of rotatable bonds is 4. The Bertz CT molecular complexity index is 1220. The maximum Gasteiger partial charge on any atom is 0.257 e. The van der Waals surface area contributed by atoms with E-state index in [9.17, 15) is 18.0 Å². The first-order valence-corrected chi connectivity index (χ1v) is 10.3. The van der Waals surface area contributed by atoms with E-state index in [1.807, 2.05) is 29.4 Å². The van der Waals surface area contributed by atoms with Gasteiger partial charge in [-0.1, -0.05) is 0 Å². The van der Waals surface area contributed by atoms with Crippen LogP contribution < -0.4 is 9.64 Å². The van der Waals surface area contributed by atoms with Gasteiger partial charge in [-0.2, -0.15) is 4.39 Å². The molecule has 1 aromatic carbocycles. The number of aryl methyl sites for hydroxylation is 2. The molecule has 1 saturated heterocycles. The van der Waals surface area contributed by atoms with Crippen LogP contribution in [0.3, 0.4) is 0 Å². The Labute approximate surface area is 188 Å². The van der Waals surface area contributed by atoms with Crippen LogP contribution in [0.4, 0.5) is 19.0 Å². The molecule has 174 valence electrons. The summed E-state index contributed by atoms with van der Waals surface area (Å²) in [4.78, 5) is 29.5. The van der Waals surface area contributed by atoms with Gasteiger partial charge in [0, 0.05) is 37.9 Å². The number of amides is 1. The minimum absolute atomic E-state index is 0.251. The number of benzene rings is 1. The Morgan fingerprint density at radius 2 is 1.64 bits per heavy atom. The molecule has 0 aliphatic carbocycles. The van der Waals surface area contributed by atoms with E-state index >= 15 is 0 Å². The Morgan fingerprint density at radius 3 is 2.24 bits per heavy atom. The average molecular weight is 460 g/mol. The summed E-state index contributed by atoms with van der Waals surface area (Å²) in [6.45, 7) is 7.02. The van der Waals surface area contributed by atoms with Crippen LogP contribution in [-0.2, 0) is 0 Å². The molecule has 11 heteroatoms. The highest BCUT2D eigenvalue weighted by Crippen LogP contribution is 2.28. The van der Waals surface area contributed by atoms with Gasteiger partial charge in [-0.25, -0.2) is 23.7 Å². The van der Waals surface area contributed by atoms with E-state index in [0.29, 0.717) is 36.6 Å². The van der Waals surface area contributed by atoms with Crippen molar-refractivity contribution in [3.05, 3.63) is 58.7 Å². The SMILES string of the molecule is COc1c(F)c(F)cc(C(=O)N2CCN(c3cc(-n4cnc(C)c4C)nc(C)n3)CC2)c1F. The first-order valence-electron chi connectivity index (χ1n) is 10.3. The number of methoxy groups -OCH3 is 1. The third kappa shape index (κ3) is 4.10. The van der Waals surface area contributed by atoms with Crippen LogP contribution in [0.5, 0.6) is 5.75 Å². The van der Waals surface area contributed by atoms with Gasteiger partial charge in [-0.15, -0.1) is 0 Å². The molecule has 0 bridgehead atoms. The molecule has 0 radical (unpaired) electrons.